The lowest BCUT2D eigenvalue weighted by molar-refractivity contribution is -0.154. The van der Waals surface area contributed by atoms with Crippen LogP contribution in [-0.2, 0) is 20.1 Å². The van der Waals surface area contributed by atoms with Crippen molar-refractivity contribution in [1.29, 1.82) is 0 Å². The van der Waals surface area contributed by atoms with Gasteiger partial charge in [-0.2, -0.15) is 13.2 Å². The van der Waals surface area contributed by atoms with Crippen LogP contribution >= 0.6 is 35.6 Å². The fourth-order valence-electron chi connectivity index (χ4n) is 2.36. The van der Waals surface area contributed by atoms with Gasteiger partial charge in [0.05, 0.1) is 11.6 Å². The van der Waals surface area contributed by atoms with E-state index in [1.54, 1.807) is 13.1 Å². The lowest BCUT2D eigenvalue weighted by Gasteiger charge is -2.22. The first-order chi connectivity index (χ1) is 12.7. The Morgan fingerprint density at radius 1 is 1.39 bits per heavy atom. The van der Waals surface area contributed by atoms with Crippen molar-refractivity contribution in [2.24, 2.45) is 12.0 Å². The summed E-state index contributed by atoms with van der Waals surface area (Å²) in [5, 5.41) is 3.85. The molecule has 0 atom stereocenters. The van der Waals surface area contributed by atoms with Gasteiger partial charge in [0.25, 0.3) is 0 Å². The van der Waals surface area contributed by atoms with Crippen molar-refractivity contribution in [1.82, 2.24) is 19.8 Å². The summed E-state index contributed by atoms with van der Waals surface area (Å²) in [5.74, 6) is 0.586. The average Bonchev–Trinajstić information content (AvgIpc) is 2.91. The molecule has 0 saturated heterocycles. The first-order valence-corrected chi connectivity index (χ1v) is 8.42. The number of alkyl halides is 3. The molecule has 0 spiro atoms. The molecule has 2 rings (SSSR count). The third-order valence-corrected chi connectivity index (χ3v) is 3.89. The highest BCUT2D eigenvalue weighted by Gasteiger charge is 2.28. The van der Waals surface area contributed by atoms with Gasteiger partial charge in [-0.3, -0.25) is 4.99 Å². The third-order valence-electron chi connectivity index (χ3n) is 3.68. The lowest BCUT2D eigenvalue weighted by atomic mass is 10.3. The molecular formula is C17H22ClF3IN5O. The topological polar surface area (TPSA) is 54.7 Å². The zero-order valence-electron chi connectivity index (χ0n) is 15.6. The molecule has 0 aliphatic heterocycles. The number of nitrogens with one attached hydrogen (secondary N) is 1. The fraction of sp³-hybridized carbons (Fsp3) is 0.412. The maximum atomic E-state index is 12.1. The molecule has 0 saturated carbocycles. The van der Waals surface area contributed by atoms with Gasteiger partial charge >= 0.3 is 6.18 Å². The zero-order valence-corrected chi connectivity index (χ0v) is 18.7. The molecule has 2 aromatic rings. The number of ether oxygens (including phenoxy) is 1. The number of aryl methyl sites for hydroxylation is 1. The Balaban J connectivity index is 0.00000392. The van der Waals surface area contributed by atoms with Crippen molar-refractivity contribution in [2.45, 2.75) is 19.3 Å². The molecule has 1 N–H and O–H groups in total. The molecule has 0 unspecified atom stereocenters. The van der Waals surface area contributed by atoms with Crippen molar-refractivity contribution in [3.8, 4) is 5.88 Å². The second-order valence-electron chi connectivity index (χ2n) is 5.93. The first-order valence-electron chi connectivity index (χ1n) is 8.05. The van der Waals surface area contributed by atoms with Crippen molar-refractivity contribution in [3.05, 3.63) is 46.9 Å². The van der Waals surface area contributed by atoms with Crippen molar-refractivity contribution >= 4 is 41.5 Å². The van der Waals surface area contributed by atoms with Crippen LogP contribution in [0.1, 0.15) is 11.3 Å². The van der Waals surface area contributed by atoms with E-state index >= 15 is 0 Å². The van der Waals surface area contributed by atoms with Gasteiger partial charge in [0.1, 0.15) is 0 Å². The third kappa shape index (κ3) is 7.74. The number of nitrogens with zero attached hydrogens (tertiary/aromatic N) is 4. The van der Waals surface area contributed by atoms with Crippen LogP contribution in [0.25, 0.3) is 0 Å². The molecule has 0 aliphatic carbocycles. The summed E-state index contributed by atoms with van der Waals surface area (Å²) in [4.78, 5) is 10.0. The zero-order chi connectivity index (χ0) is 20.0. The van der Waals surface area contributed by atoms with Crippen molar-refractivity contribution in [2.75, 3.05) is 20.7 Å². The van der Waals surface area contributed by atoms with Gasteiger partial charge in [-0.25, -0.2) is 4.98 Å². The second kappa shape index (κ2) is 10.7. The molecule has 0 radical (unpaired) electrons. The highest BCUT2D eigenvalue weighted by atomic mass is 127. The Morgan fingerprint density at radius 3 is 2.61 bits per heavy atom. The van der Waals surface area contributed by atoms with Crippen LogP contribution in [0.15, 0.2) is 35.6 Å². The standard InChI is InChI=1S/C17H21ClF3N5O.HI/c1-22-16(26(3)10-14-6-13(18)9-25(14)2)24-8-12-4-5-15(23-7-12)27-11-17(19,20)21;/h4-7,9H,8,10-11H2,1-3H3,(H,22,24);1H. The second-order valence-corrected chi connectivity index (χ2v) is 6.36. The van der Waals surface area contributed by atoms with Crippen LogP contribution in [0.3, 0.4) is 0 Å². The van der Waals surface area contributed by atoms with E-state index in [4.69, 9.17) is 11.6 Å². The molecule has 2 heterocycles. The number of pyridine rings is 1. The lowest BCUT2D eigenvalue weighted by Crippen LogP contribution is -2.38. The molecule has 2 aromatic heterocycles. The summed E-state index contributed by atoms with van der Waals surface area (Å²) >= 11 is 6.00. The van der Waals surface area contributed by atoms with E-state index in [2.05, 4.69) is 20.0 Å². The van der Waals surface area contributed by atoms with Gasteiger partial charge in [-0.15, -0.1) is 24.0 Å². The number of hydrogen-bond donors (Lipinski definition) is 1. The van der Waals surface area contributed by atoms with E-state index in [-0.39, 0.29) is 29.9 Å². The fourth-order valence-corrected chi connectivity index (χ4v) is 2.64. The van der Waals surface area contributed by atoms with E-state index < -0.39 is 12.8 Å². The minimum atomic E-state index is -4.39. The molecule has 156 valence electrons. The van der Waals surface area contributed by atoms with Crippen LogP contribution in [0.2, 0.25) is 5.02 Å². The molecule has 0 aliphatic rings. The number of hydrogen-bond acceptors (Lipinski definition) is 3. The SMILES string of the molecule is CN=C(NCc1ccc(OCC(F)(F)F)nc1)N(C)Cc1cc(Cl)cn1C.I. The van der Waals surface area contributed by atoms with Crippen LogP contribution in [-0.4, -0.2) is 47.3 Å². The van der Waals surface area contributed by atoms with Gasteiger partial charge in [0, 0.05) is 51.8 Å². The molecule has 0 amide bonds. The maximum absolute atomic E-state index is 12.1. The predicted octanol–water partition coefficient (Wildman–Crippen LogP) is 3.84. The Labute approximate surface area is 183 Å². The monoisotopic (exact) mass is 531 g/mol. The van der Waals surface area contributed by atoms with Crippen molar-refractivity contribution < 1.29 is 17.9 Å². The van der Waals surface area contributed by atoms with Gasteiger partial charge < -0.3 is 19.5 Å². The molecule has 0 fully saturated rings. The number of aliphatic imine (C=N–C) groups is 1. The minimum Gasteiger partial charge on any atom is -0.468 e. The molecule has 0 bridgehead atoms. The van der Waals surface area contributed by atoms with Gasteiger partial charge in [-0.05, 0) is 11.6 Å². The first kappa shape index (κ1) is 24.3. The highest BCUT2D eigenvalue weighted by molar-refractivity contribution is 14.0. The maximum Gasteiger partial charge on any atom is 0.422 e. The number of halogens is 5. The van der Waals surface area contributed by atoms with Crippen LogP contribution in [0.4, 0.5) is 13.2 Å². The van der Waals surface area contributed by atoms with Gasteiger partial charge in [0.2, 0.25) is 5.88 Å². The summed E-state index contributed by atoms with van der Waals surface area (Å²) in [7, 11) is 5.48. The Bertz CT molecular complexity index is 780. The van der Waals surface area contributed by atoms with Crippen molar-refractivity contribution in [3.63, 3.8) is 0 Å². The van der Waals surface area contributed by atoms with Crippen LogP contribution in [0, 0.1) is 0 Å². The smallest absolute Gasteiger partial charge is 0.422 e. The van der Waals surface area contributed by atoms with E-state index in [0.29, 0.717) is 24.1 Å². The molecule has 6 nitrogen and oxygen atoms in total. The predicted molar refractivity (Wildman–Crippen MR) is 113 cm³/mol. The molecule has 28 heavy (non-hydrogen) atoms. The Morgan fingerprint density at radius 2 is 2.11 bits per heavy atom. The van der Waals surface area contributed by atoms with Gasteiger partial charge in [0.15, 0.2) is 12.6 Å². The Kier molecular flexibility index (Phi) is 9.34. The molecule has 11 heteroatoms. The van der Waals surface area contributed by atoms with E-state index in [0.717, 1.165) is 11.3 Å². The average molecular weight is 532 g/mol. The van der Waals surface area contributed by atoms with Crippen LogP contribution in [0.5, 0.6) is 5.88 Å². The quantitative estimate of drug-likeness (QED) is 0.350. The number of guanidine groups is 1. The molecule has 0 aromatic carbocycles. The highest BCUT2D eigenvalue weighted by Crippen LogP contribution is 2.17. The summed E-state index contributed by atoms with van der Waals surface area (Å²) in [6, 6.07) is 4.94. The van der Waals surface area contributed by atoms with E-state index in [1.165, 1.54) is 12.3 Å². The minimum absolute atomic E-state index is 0. The van der Waals surface area contributed by atoms with Gasteiger partial charge in [-0.1, -0.05) is 17.7 Å². The number of aromatic nitrogens is 2. The van der Waals surface area contributed by atoms with E-state index in [1.807, 2.05) is 35.8 Å². The summed E-state index contributed by atoms with van der Waals surface area (Å²) in [5.41, 5.74) is 1.81. The van der Waals surface area contributed by atoms with Crippen LogP contribution < -0.4 is 10.1 Å². The summed E-state index contributed by atoms with van der Waals surface area (Å²) in [6.45, 7) is -0.346. The Hall–Kier alpha value is -1.69. The normalized spacial score (nSPS) is 11.8. The summed E-state index contributed by atoms with van der Waals surface area (Å²) in [6.07, 6.45) is -1.10. The van der Waals surface area contributed by atoms with E-state index in [9.17, 15) is 13.2 Å². The summed E-state index contributed by atoms with van der Waals surface area (Å²) < 4.78 is 42.9. The largest absolute Gasteiger partial charge is 0.468 e. The molecular weight excluding hydrogens is 510 g/mol. The number of rotatable bonds is 6.